The molecule has 0 unspecified atom stereocenters. The molecule has 2 N–H and O–H groups in total. The molecule has 1 heterocycles. The maximum atomic E-state index is 13.4. The summed E-state index contributed by atoms with van der Waals surface area (Å²) in [6.07, 6.45) is 0. The zero-order valence-corrected chi connectivity index (χ0v) is 20.9. The topological polar surface area (TPSA) is 85.9 Å². The summed E-state index contributed by atoms with van der Waals surface area (Å²) in [4.78, 5) is 13.2. The van der Waals surface area contributed by atoms with Gasteiger partial charge in [0.25, 0.3) is 5.91 Å². The van der Waals surface area contributed by atoms with Gasteiger partial charge in [0.2, 0.25) is 0 Å². The van der Waals surface area contributed by atoms with Crippen LogP contribution in [0.3, 0.4) is 0 Å². The van der Waals surface area contributed by atoms with E-state index in [1.54, 1.807) is 32.0 Å². The predicted molar refractivity (Wildman–Crippen MR) is 140 cm³/mol. The van der Waals surface area contributed by atoms with Crippen molar-refractivity contribution < 1.29 is 23.1 Å². The van der Waals surface area contributed by atoms with Gasteiger partial charge in [-0.3, -0.25) is 9.36 Å². The Hall–Kier alpha value is -3.38. The Bertz CT molecular complexity index is 1260. The number of amides is 1. The van der Waals surface area contributed by atoms with Gasteiger partial charge in [-0.2, -0.15) is 0 Å². The van der Waals surface area contributed by atoms with Crippen LogP contribution in [0.4, 0.5) is 11.4 Å². The summed E-state index contributed by atoms with van der Waals surface area (Å²) in [6.45, 7) is 6.53. The molecule has 0 aromatic heterocycles. The highest BCUT2D eigenvalue weighted by molar-refractivity contribution is 7.62. The number of carbonyl (C=O) groups is 1. The number of fused-ring (bicyclic) bond motifs is 1. The van der Waals surface area contributed by atoms with Crippen LogP contribution < -0.4 is 20.7 Å². The number of rotatable bonds is 10. The highest BCUT2D eigenvalue weighted by Gasteiger charge is 2.33. The quantitative estimate of drug-likeness (QED) is 0.270. The smallest absolute Gasteiger partial charge is 0.361 e. The number of hydrogen-bond donors (Lipinski definition) is 2. The second-order valence-electron chi connectivity index (χ2n) is 7.72. The zero-order chi connectivity index (χ0) is 24.8. The molecule has 1 amide bonds. The number of carbonyl (C=O) groups excluding carboxylic acids is 1. The van der Waals surface area contributed by atoms with Crippen LogP contribution in [0, 0.1) is 0 Å². The summed E-state index contributed by atoms with van der Waals surface area (Å²) < 4.78 is 30.0. The Morgan fingerprint density at radius 1 is 0.886 bits per heavy atom. The van der Waals surface area contributed by atoms with Gasteiger partial charge in [-0.25, -0.2) is 0 Å². The molecule has 3 aromatic rings. The molecule has 0 radical (unpaired) electrons. The van der Waals surface area contributed by atoms with Gasteiger partial charge in [0.1, 0.15) is 5.75 Å². The maximum absolute atomic E-state index is 13.4. The van der Waals surface area contributed by atoms with Crippen LogP contribution >= 0.6 is 7.60 Å². The van der Waals surface area contributed by atoms with Gasteiger partial charge < -0.3 is 24.4 Å². The second kappa shape index (κ2) is 10.9. The van der Waals surface area contributed by atoms with Gasteiger partial charge in [-0.05, 0) is 68.8 Å². The Morgan fingerprint density at radius 3 is 2.20 bits per heavy atom. The maximum Gasteiger partial charge on any atom is 0.361 e. The van der Waals surface area contributed by atoms with E-state index in [9.17, 15) is 9.36 Å². The molecule has 0 saturated carbocycles. The van der Waals surface area contributed by atoms with Crippen LogP contribution in [0.15, 0.2) is 72.8 Å². The second-order valence-corrected chi connectivity index (χ2v) is 9.74. The van der Waals surface area contributed by atoms with Gasteiger partial charge in [0.15, 0.2) is 0 Å². The van der Waals surface area contributed by atoms with E-state index in [0.717, 1.165) is 17.0 Å². The first-order valence-electron chi connectivity index (χ1n) is 11.6. The first-order valence-corrected chi connectivity index (χ1v) is 13.2. The van der Waals surface area contributed by atoms with Crippen molar-refractivity contribution >= 4 is 41.5 Å². The van der Waals surface area contributed by atoms with Crippen LogP contribution in [-0.4, -0.2) is 25.7 Å². The Morgan fingerprint density at radius 2 is 1.57 bits per heavy atom. The van der Waals surface area contributed by atoms with E-state index in [4.69, 9.17) is 13.8 Å². The average Bonchev–Trinajstić information content (AvgIpc) is 3.19. The molecule has 182 valence electrons. The zero-order valence-electron chi connectivity index (χ0n) is 20.0. The third kappa shape index (κ3) is 5.33. The summed E-state index contributed by atoms with van der Waals surface area (Å²) in [5.41, 5.74) is 3.97. The van der Waals surface area contributed by atoms with Gasteiger partial charge >= 0.3 is 7.60 Å². The summed E-state index contributed by atoms with van der Waals surface area (Å²) in [5, 5.41) is 6.75. The van der Waals surface area contributed by atoms with Crippen LogP contribution in [-0.2, 0) is 18.4 Å². The molecule has 1 aliphatic heterocycles. The monoisotopic (exact) mass is 492 g/mol. The van der Waals surface area contributed by atoms with E-state index >= 15 is 0 Å². The normalized spacial score (nSPS) is 14.3. The predicted octanol–water partition coefficient (Wildman–Crippen LogP) is 5.91. The van der Waals surface area contributed by atoms with Crippen molar-refractivity contribution in [3.63, 3.8) is 0 Å². The molecule has 4 rings (SSSR count). The van der Waals surface area contributed by atoms with E-state index in [2.05, 4.69) is 10.6 Å². The number of anilines is 2. The molecule has 7 nitrogen and oxygen atoms in total. The van der Waals surface area contributed by atoms with Crippen molar-refractivity contribution in [2.75, 3.05) is 30.5 Å². The summed E-state index contributed by atoms with van der Waals surface area (Å²) >= 11 is 0. The molecule has 0 bridgehead atoms. The fourth-order valence-electron chi connectivity index (χ4n) is 3.93. The van der Waals surface area contributed by atoms with Crippen molar-refractivity contribution in [2.24, 2.45) is 0 Å². The lowest BCUT2D eigenvalue weighted by Gasteiger charge is -2.18. The molecule has 0 aliphatic carbocycles. The average molecular weight is 493 g/mol. The van der Waals surface area contributed by atoms with Crippen molar-refractivity contribution in [1.82, 2.24) is 0 Å². The van der Waals surface area contributed by atoms with Crippen LogP contribution in [0.5, 0.6) is 5.75 Å². The lowest BCUT2D eigenvalue weighted by Crippen LogP contribution is -2.12. The van der Waals surface area contributed by atoms with E-state index in [1.807, 2.05) is 61.5 Å². The lowest BCUT2D eigenvalue weighted by molar-refractivity contribution is -0.110. The fraction of sp³-hybridized carbons (Fsp3) is 0.222. The molecule has 3 aromatic carbocycles. The molecule has 8 heteroatoms. The van der Waals surface area contributed by atoms with E-state index in [1.165, 1.54) is 0 Å². The minimum atomic E-state index is -3.53. The lowest BCUT2D eigenvalue weighted by atomic mass is 10.00. The van der Waals surface area contributed by atoms with E-state index in [0.29, 0.717) is 34.4 Å². The standard InChI is InChI=1S/C27H29N2O5P/c1-4-32-21-14-12-20(13-15-21)28-26(19-10-8-7-9-11-19)25-23-18-22(16-17-24(23)29-27(25)30)35(31,33-5-2)34-6-3/h7-18,28H,4-6H2,1-3H3,(H,29,30)/b26-25-. The number of benzene rings is 3. The Labute approximate surface area is 205 Å². The fourth-order valence-corrected chi connectivity index (χ4v) is 5.53. The third-order valence-corrected chi connectivity index (χ3v) is 7.52. The van der Waals surface area contributed by atoms with Crippen molar-refractivity contribution in [2.45, 2.75) is 20.8 Å². The first kappa shape index (κ1) is 24.7. The van der Waals surface area contributed by atoms with Crippen LogP contribution in [0.1, 0.15) is 31.9 Å². The Balaban J connectivity index is 1.84. The van der Waals surface area contributed by atoms with E-state index < -0.39 is 7.60 Å². The minimum Gasteiger partial charge on any atom is -0.494 e. The molecule has 0 saturated heterocycles. The van der Waals surface area contributed by atoms with Gasteiger partial charge in [-0.15, -0.1) is 0 Å². The van der Waals surface area contributed by atoms with Crippen molar-refractivity contribution in [3.8, 4) is 5.75 Å². The van der Waals surface area contributed by atoms with Gasteiger partial charge in [0.05, 0.1) is 36.4 Å². The van der Waals surface area contributed by atoms with Crippen molar-refractivity contribution in [1.29, 1.82) is 0 Å². The molecular weight excluding hydrogens is 463 g/mol. The third-order valence-electron chi connectivity index (χ3n) is 5.41. The number of ether oxygens (including phenoxy) is 1. The SMILES string of the molecule is CCOc1ccc(N/C(=C2\C(=O)Nc3ccc(P(=O)(OCC)OCC)cc32)c2ccccc2)cc1. The molecule has 0 spiro atoms. The summed E-state index contributed by atoms with van der Waals surface area (Å²) in [6, 6.07) is 22.3. The Kier molecular flexibility index (Phi) is 7.71. The van der Waals surface area contributed by atoms with Crippen LogP contribution in [0.2, 0.25) is 0 Å². The van der Waals surface area contributed by atoms with Crippen LogP contribution in [0.25, 0.3) is 11.3 Å². The summed E-state index contributed by atoms with van der Waals surface area (Å²) in [7, 11) is -3.53. The van der Waals surface area contributed by atoms with Gasteiger partial charge in [0, 0.05) is 16.9 Å². The highest BCUT2D eigenvalue weighted by Crippen LogP contribution is 2.48. The molecular formula is C27H29N2O5P. The minimum absolute atomic E-state index is 0.239. The van der Waals surface area contributed by atoms with Gasteiger partial charge in [-0.1, -0.05) is 30.3 Å². The number of hydrogen-bond acceptors (Lipinski definition) is 6. The number of nitrogens with one attached hydrogen (secondary N) is 2. The molecule has 35 heavy (non-hydrogen) atoms. The first-order chi connectivity index (χ1) is 17.0. The van der Waals surface area contributed by atoms with E-state index in [-0.39, 0.29) is 19.1 Å². The largest absolute Gasteiger partial charge is 0.494 e. The summed E-state index contributed by atoms with van der Waals surface area (Å²) in [5.74, 6) is 0.514. The molecule has 0 atom stereocenters. The van der Waals surface area contributed by atoms with Crippen molar-refractivity contribution in [3.05, 3.63) is 83.9 Å². The highest BCUT2D eigenvalue weighted by atomic mass is 31.2. The molecule has 1 aliphatic rings. The molecule has 0 fully saturated rings.